The van der Waals surface area contributed by atoms with Crippen LogP contribution in [0.2, 0.25) is 0 Å². The third kappa shape index (κ3) is 4.12. The maximum atomic E-state index is 12.0. The van der Waals surface area contributed by atoms with Crippen LogP contribution in [0.1, 0.15) is 38.5 Å². The Labute approximate surface area is 153 Å². The molecule has 0 atom stereocenters. The highest BCUT2D eigenvalue weighted by atomic mass is 16.6. The Hall–Kier alpha value is -2.22. The maximum absolute atomic E-state index is 12.0. The minimum Gasteiger partial charge on any atom is -0.369 e. The number of nitro groups is 1. The molecule has 2 aliphatic rings. The molecule has 1 aromatic rings. The number of nitrogens with two attached hydrogens (primary N) is 1. The van der Waals surface area contributed by atoms with Gasteiger partial charge in [0.1, 0.15) is 0 Å². The van der Waals surface area contributed by atoms with Crippen molar-refractivity contribution in [2.24, 2.45) is 11.1 Å². The number of hydrogen-bond acceptors (Lipinski definition) is 6. The molecule has 0 radical (unpaired) electrons. The molecule has 2 N–H and O–H groups in total. The number of nitrogens with zero attached hydrogens (tertiary/aromatic N) is 4. The zero-order valence-electron chi connectivity index (χ0n) is 15.1. The Bertz CT molecular complexity index is 652. The van der Waals surface area contributed by atoms with Gasteiger partial charge in [0.25, 0.3) is 0 Å². The van der Waals surface area contributed by atoms with Crippen molar-refractivity contribution in [3.8, 4) is 0 Å². The van der Waals surface area contributed by atoms with E-state index in [1.54, 1.807) is 6.07 Å². The number of carbonyl (C=O) groups excluding carboxylic acids is 1. The molecule has 8 heteroatoms. The van der Waals surface area contributed by atoms with Gasteiger partial charge in [0.2, 0.25) is 11.7 Å². The SMILES string of the molecule is NC(=O)C1(CCN2CCN(c3cccc([N+](=O)[O-])n3)CC2)CCCCC1. The fourth-order valence-corrected chi connectivity index (χ4v) is 4.11. The molecule has 0 aromatic carbocycles. The number of hydrogen-bond donors (Lipinski definition) is 1. The third-order valence-corrected chi connectivity index (χ3v) is 5.84. The normalized spacial score (nSPS) is 20.7. The molecule has 2 heterocycles. The second kappa shape index (κ2) is 7.99. The first-order chi connectivity index (χ1) is 12.5. The van der Waals surface area contributed by atoms with E-state index >= 15 is 0 Å². The van der Waals surface area contributed by atoms with Crippen LogP contribution >= 0.6 is 0 Å². The summed E-state index contributed by atoms with van der Waals surface area (Å²) in [7, 11) is 0. The van der Waals surface area contributed by atoms with Crippen molar-refractivity contribution in [1.29, 1.82) is 0 Å². The van der Waals surface area contributed by atoms with Crippen molar-refractivity contribution in [2.45, 2.75) is 38.5 Å². The van der Waals surface area contributed by atoms with Gasteiger partial charge >= 0.3 is 5.82 Å². The van der Waals surface area contributed by atoms with Gasteiger partial charge < -0.3 is 20.7 Å². The Morgan fingerprint density at radius 3 is 2.50 bits per heavy atom. The number of rotatable bonds is 6. The molecule has 8 nitrogen and oxygen atoms in total. The van der Waals surface area contributed by atoms with E-state index in [1.165, 1.54) is 12.5 Å². The van der Waals surface area contributed by atoms with E-state index in [0.717, 1.165) is 64.8 Å². The van der Waals surface area contributed by atoms with Gasteiger partial charge in [-0.05, 0) is 41.8 Å². The predicted octanol–water partition coefficient (Wildman–Crippen LogP) is 1.94. The van der Waals surface area contributed by atoms with E-state index in [0.29, 0.717) is 5.82 Å². The van der Waals surface area contributed by atoms with Gasteiger partial charge in [0, 0.05) is 38.3 Å². The summed E-state index contributed by atoms with van der Waals surface area (Å²) in [5.74, 6) is 0.391. The van der Waals surface area contributed by atoms with E-state index < -0.39 is 4.92 Å². The summed E-state index contributed by atoms with van der Waals surface area (Å²) in [4.78, 5) is 31.0. The quantitative estimate of drug-likeness (QED) is 0.613. The molecule has 0 spiro atoms. The standard InChI is InChI=1S/C18H27N5O3/c19-17(24)18(7-2-1-3-8-18)9-10-21-11-13-22(14-12-21)15-5-4-6-16(20-15)23(25)26/h4-6H,1-3,7-14H2,(H2,19,24). The summed E-state index contributed by atoms with van der Waals surface area (Å²) in [6.07, 6.45) is 6.05. The lowest BCUT2D eigenvalue weighted by Crippen LogP contribution is -2.49. The van der Waals surface area contributed by atoms with Gasteiger partial charge in [-0.3, -0.25) is 9.69 Å². The molecule has 1 saturated carbocycles. The van der Waals surface area contributed by atoms with Crippen molar-refractivity contribution in [3.63, 3.8) is 0 Å². The zero-order chi connectivity index (χ0) is 18.6. The zero-order valence-corrected chi connectivity index (χ0v) is 15.1. The number of primary amides is 1. The van der Waals surface area contributed by atoms with Crippen LogP contribution < -0.4 is 10.6 Å². The Morgan fingerprint density at radius 1 is 1.19 bits per heavy atom. The molecule has 1 saturated heterocycles. The lowest BCUT2D eigenvalue weighted by molar-refractivity contribution is -0.389. The van der Waals surface area contributed by atoms with Crippen LogP contribution in [0.4, 0.5) is 11.6 Å². The summed E-state index contributed by atoms with van der Waals surface area (Å²) >= 11 is 0. The number of piperazine rings is 1. The first kappa shape index (κ1) is 18.6. The monoisotopic (exact) mass is 361 g/mol. The van der Waals surface area contributed by atoms with Gasteiger partial charge in [-0.25, -0.2) is 0 Å². The molecular weight excluding hydrogens is 334 g/mol. The molecule has 0 unspecified atom stereocenters. The highest BCUT2D eigenvalue weighted by Gasteiger charge is 2.38. The lowest BCUT2D eigenvalue weighted by Gasteiger charge is -2.38. The number of anilines is 1. The average Bonchev–Trinajstić information content (AvgIpc) is 2.67. The maximum Gasteiger partial charge on any atom is 0.365 e. The number of carbonyl (C=O) groups is 1. The average molecular weight is 361 g/mol. The minimum atomic E-state index is -0.465. The third-order valence-electron chi connectivity index (χ3n) is 5.84. The van der Waals surface area contributed by atoms with Gasteiger partial charge in [0.15, 0.2) is 0 Å². The molecule has 2 fully saturated rings. The van der Waals surface area contributed by atoms with Crippen LogP contribution in [-0.4, -0.2) is 53.4 Å². The Balaban J connectivity index is 1.53. The fraction of sp³-hybridized carbons (Fsp3) is 0.667. The van der Waals surface area contributed by atoms with Gasteiger partial charge in [0.05, 0.1) is 5.41 Å². The van der Waals surface area contributed by atoms with Crippen molar-refractivity contribution in [2.75, 3.05) is 37.6 Å². The first-order valence-electron chi connectivity index (χ1n) is 9.39. The molecule has 1 aliphatic heterocycles. The Morgan fingerprint density at radius 2 is 1.88 bits per heavy atom. The van der Waals surface area contributed by atoms with Crippen molar-refractivity contribution < 1.29 is 9.72 Å². The highest BCUT2D eigenvalue weighted by Crippen LogP contribution is 2.39. The molecular formula is C18H27N5O3. The number of aromatic nitrogens is 1. The molecule has 1 aromatic heterocycles. The smallest absolute Gasteiger partial charge is 0.365 e. The summed E-state index contributed by atoms with van der Waals surface area (Å²) in [5, 5.41) is 10.9. The van der Waals surface area contributed by atoms with Crippen molar-refractivity contribution >= 4 is 17.5 Å². The van der Waals surface area contributed by atoms with Crippen LogP contribution in [0.25, 0.3) is 0 Å². The van der Waals surface area contributed by atoms with E-state index in [1.807, 2.05) is 6.07 Å². The largest absolute Gasteiger partial charge is 0.369 e. The van der Waals surface area contributed by atoms with E-state index in [-0.39, 0.29) is 17.1 Å². The van der Waals surface area contributed by atoms with Crippen molar-refractivity contribution in [3.05, 3.63) is 28.3 Å². The van der Waals surface area contributed by atoms with Crippen LogP contribution in [0, 0.1) is 15.5 Å². The summed E-state index contributed by atoms with van der Waals surface area (Å²) < 4.78 is 0. The predicted molar refractivity (Wildman–Crippen MR) is 98.9 cm³/mol. The summed E-state index contributed by atoms with van der Waals surface area (Å²) in [5.41, 5.74) is 5.40. The van der Waals surface area contributed by atoms with Crippen molar-refractivity contribution in [1.82, 2.24) is 9.88 Å². The van der Waals surface area contributed by atoms with Crippen LogP contribution in [0.15, 0.2) is 18.2 Å². The molecule has 142 valence electrons. The molecule has 0 bridgehead atoms. The summed E-state index contributed by atoms with van der Waals surface area (Å²) in [6, 6.07) is 4.90. The van der Waals surface area contributed by atoms with E-state index in [4.69, 9.17) is 5.73 Å². The molecule has 26 heavy (non-hydrogen) atoms. The number of pyridine rings is 1. The van der Waals surface area contributed by atoms with E-state index in [9.17, 15) is 14.9 Å². The minimum absolute atomic E-state index is 0.120. The van der Waals surface area contributed by atoms with Crippen LogP contribution in [-0.2, 0) is 4.79 Å². The first-order valence-corrected chi connectivity index (χ1v) is 9.39. The topological polar surface area (TPSA) is 106 Å². The van der Waals surface area contributed by atoms with Gasteiger partial charge in [-0.15, -0.1) is 0 Å². The van der Waals surface area contributed by atoms with Gasteiger partial charge in [-0.1, -0.05) is 19.3 Å². The molecule has 3 rings (SSSR count). The van der Waals surface area contributed by atoms with E-state index in [2.05, 4.69) is 14.8 Å². The highest BCUT2D eigenvalue weighted by molar-refractivity contribution is 5.80. The second-order valence-corrected chi connectivity index (χ2v) is 7.40. The number of amides is 1. The van der Waals surface area contributed by atoms with Gasteiger partial charge in [-0.2, -0.15) is 0 Å². The molecule has 1 aliphatic carbocycles. The summed E-state index contributed by atoms with van der Waals surface area (Å²) in [6.45, 7) is 4.15. The van der Waals surface area contributed by atoms with Crippen LogP contribution in [0.3, 0.4) is 0 Å². The Kier molecular flexibility index (Phi) is 5.70. The van der Waals surface area contributed by atoms with Crippen LogP contribution in [0.5, 0.6) is 0 Å². The fourth-order valence-electron chi connectivity index (χ4n) is 4.11. The lowest BCUT2D eigenvalue weighted by atomic mass is 9.71. The molecule has 1 amide bonds. The second-order valence-electron chi connectivity index (χ2n) is 7.40.